The summed E-state index contributed by atoms with van der Waals surface area (Å²) < 4.78 is 27.5. The highest BCUT2D eigenvalue weighted by atomic mass is 19.1. The average molecular weight is 562 g/mol. The number of benzene rings is 2. The van der Waals surface area contributed by atoms with E-state index >= 15 is 0 Å². The zero-order valence-electron chi connectivity index (χ0n) is 23.2. The van der Waals surface area contributed by atoms with Gasteiger partial charge in [-0.1, -0.05) is 24.3 Å². The first-order valence-corrected chi connectivity index (χ1v) is 14.0. The monoisotopic (exact) mass is 561 g/mol. The molecule has 0 radical (unpaired) electrons. The highest BCUT2D eigenvalue weighted by Gasteiger charge is 2.30. The molecule has 0 saturated carbocycles. The molecule has 0 unspecified atom stereocenters. The number of nitrogens with zero attached hydrogens (tertiary/aromatic N) is 3. The second-order valence-electron chi connectivity index (χ2n) is 10.6. The fourth-order valence-electron chi connectivity index (χ4n) is 5.71. The summed E-state index contributed by atoms with van der Waals surface area (Å²) >= 11 is 0. The number of primary amides is 1. The van der Waals surface area contributed by atoms with Gasteiger partial charge in [-0.05, 0) is 56.0 Å². The third kappa shape index (κ3) is 6.34. The van der Waals surface area contributed by atoms with Crippen molar-refractivity contribution in [3.63, 3.8) is 0 Å². The van der Waals surface area contributed by atoms with Crippen LogP contribution in [0.5, 0.6) is 0 Å². The average Bonchev–Trinajstić information content (AvgIpc) is 3.55. The number of aromatic nitrogens is 2. The first-order valence-electron chi connectivity index (χ1n) is 14.0. The fourth-order valence-corrected chi connectivity index (χ4v) is 5.71. The lowest BCUT2D eigenvalue weighted by Gasteiger charge is -2.33. The van der Waals surface area contributed by atoms with Crippen molar-refractivity contribution in [2.45, 2.75) is 50.6 Å². The molecule has 9 nitrogen and oxygen atoms in total. The minimum Gasteiger partial charge on any atom is -0.451 e. The van der Waals surface area contributed by atoms with Gasteiger partial charge in [0.15, 0.2) is 5.76 Å². The van der Waals surface area contributed by atoms with E-state index in [-0.39, 0.29) is 41.8 Å². The SMILES string of the molecule is COCCCn1c([C@@H]2CCCN(C(=O)C[C@@H](N)Cc3cc(-c4ccccc4F)oc3C(N)=O)C2)nc2ccccc21. The zero-order valence-corrected chi connectivity index (χ0v) is 23.2. The van der Waals surface area contributed by atoms with Crippen molar-refractivity contribution >= 4 is 22.8 Å². The number of halogens is 1. The summed E-state index contributed by atoms with van der Waals surface area (Å²) in [5.74, 6) is -0.0766. The molecule has 2 atom stereocenters. The number of aryl methyl sites for hydroxylation is 1. The standard InChI is InChI=1S/C31H36FN5O4/c1-40-15-7-14-37-26-12-5-4-11-25(26)35-31(37)20-8-6-13-36(19-20)28(38)18-22(33)16-21-17-27(41-29(21)30(34)39)23-9-2-3-10-24(23)32/h2-5,9-12,17,20,22H,6-8,13-16,18-19,33H2,1H3,(H2,34,39)/t20-,22+/m1/s1. The molecule has 3 heterocycles. The number of imidazole rings is 1. The maximum absolute atomic E-state index is 14.3. The minimum absolute atomic E-state index is 0.0531. The lowest BCUT2D eigenvalue weighted by Crippen LogP contribution is -2.42. The quantitative estimate of drug-likeness (QED) is 0.264. The number of methoxy groups -OCH3 is 1. The van der Waals surface area contributed by atoms with Crippen molar-refractivity contribution in [2.75, 3.05) is 26.8 Å². The van der Waals surface area contributed by atoms with Gasteiger partial charge in [-0.3, -0.25) is 9.59 Å². The Morgan fingerprint density at radius 1 is 1.20 bits per heavy atom. The first-order chi connectivity index (χ1) is 19.9. The first kappa shape index (κ1) is 28.5. The van der Waals surface area contributed by atoms with Crippen LogP contribution in [-0.2, 0) is 22.5 Å². The largest absolute Gasteiger partial charge is 0.451 e. The lowest BCUT2D eigenvalue weighted by atomic mass is 9.96. The van der Waals surface area contributed by atoms with Crippen LogP contribution >= 0.6 is 0 Å². The molecule has 2 amide bonds. The van der Waals surface area contributed by atoms with Crippen molar-refractivity contribution in [2.24, 2.45) is 11.5 Å². The van der Waals surface area contributed by atoms with E-state index in [1.807, 2.05) is 23.1 Å². The Hall–Kier alpha value is -4.02. The van der Waals surface area contributed by atoms with Crippen LogP contribution in [0.3, 0.4) is 0 Å². The third-order valence-corrected chi connectivity index (χ3v) is 7.64. The van der Waals surface area contributed by atoms with Gasteiger partial charge >= 0.3 is 0 Å². The Kier molecular flexibility index (Phi) is 8.80. The highest BCUT2D eigenvalue weighted by Crippen LogP contribution is 2.31. The molecule has 2 aromatic carbocycles. The minimum atomic E-state index is -0.770. The van der Waals surface area contributed by atoms with Gasteiger partial charge in [0.05, 0.1) is 16.6 Å². The van der Waals surface area contributed by atoms with Gasteiger partial charge in [0.1, 0.15) is 17.4 Å². The number of piperidine rings is 1. The van der Waals surface area contributed by atoms with Crippen LogP contribution in [0.4, 0.5) is 4.39 Å². The lowest BCUT2D eigenvalue weighted by molar-refractivity contribution is -0.132. The molecule has 1 saturated heterocycles. The topological polar surface area (TPSA) is 130 Å². The van der Waals surface area contributed by atoms with Gasteiger partial charge in [0.25, 0.3) is 5.91 Å². The second kappa shape index (κ2) is 12.7. The van der Waals surface area contributed by atoms with Gasteiger partial charge in [0, 0.05) is 57.3 Å². The van der Waals surface area contributed by atoms with Crippen molar-refractivity contribution in [1.82, 2.24) is 14.5 Å². The van der Waals surface area contributed by atoms with E-state index in [1.165, 1.54) is 6.07 Å². The van der Waals surface area contributed by atoms with Crippen LogP contribution in [0.25, 0.3) is 22.4 Å². The molecule has 5 rings (SSSR count). The summed E-state index contributed by atoms with van der Waals surface area (Å²) in [6, 6.07) is 15.2. The number of hydrogen-bond donors (Lipinski definition) is 2. The molecular formula is C31H36FN5O4. The number of carbonyl (C=O) groups is 2. The van der Waals surface area contributed by atoms with E-state index < -0.39 is 17.8 Å². The molecule has 4 aromatic rings. The molecule has 41 heavy (non-hydrogen) atoms. The molecule has 1 aliphatic heterocycles. The number of ether oxygens (including phenoxy) is 1. The van der Waals surface area contributed by atoms with E-state index in [0.717, 1.165) is 42.7 Å². The molecule has 1 aliphatic rings. The number of likely N-dealkylation sites (tertiary alicyclic amines) is 1. The second-order valence-corrected chi connectivity index (χ2v) is 10.6. The number of para-hydroxylation sites is 2. The summed E-state index contributed by atoms with van der Waals surface area (Å²) in [4.78, 5) is 32.3. The Morgan fingerprint density at radius 3 is 2.76 bits per heavy atom. The number of hydrogen-bond acceptors (Lipinski definition) is 6. The van der Waals surface area contributed by atoms with Crippen LogP contribution in [-0.4, -0.2) is 59.1 Å². The molecule has 1 fully saturated rings. The van der Waals surface area contributed by atoms with Crippen LogP contribution in [0.1, 0.15) is 53.5 Å². The van der Waals surface area contributed by atoms with Crippen LogP contribution in [0, 0.1) is 5.82 Å². The van der Waals surface area contributed by atoms with Crippen LogP contribution in [0.2, 0.25) is 0 Å². The fraction of sp³-hybridized carbons (Fsp3) is 0.387. The maximum atomic E-state index is 14.3. The molecule has 0 aliphatic carbocycles. The van der Waals surface area contributed by atoms with Crippen molar-refractivity contribution in [3.05, 3.63) is 77.6 Å². The molecule has 2 aromatic heterocycles. The normalized spacial score (nSPS) is 16.3. The number of fused-ring (bicyclic) bond motifs is 1. The van der Waals surface area contributed by atoms with Gasteiger partial charge in [0.2, 0.25) is 5.91 Å². The van der Waals surface area contributed by atoms with Gasteiger partial charge in [-0.25, -0.2) is 9.37 Å². The Labute approximate surface area is 238 Å². The van der Waals surface area contributed by atoms with E-state index in [4.69, 9.17) is 25.6 Å². The van der Waals surface area contributed by atoms with E-state index in [0.29, 0.717) is 25.3 Å². The molecular weight excluding hydrogens is 525 g/mol. The molecule has 0 spiro atoms. The van der Waals surface area contributed by atoms with Crippen molar-refractivity contribution < 1.29 is 23.1 Å². The van der Waals surface area contributed by atoms with Crippen LogP contribution < -0.4 is 11.5 Å². The summed E-state index contributed by atoms with van der Waals surface area (Å²) in [5, 5.41) is 0. The number of rotatable bonds is 11. The van der Waals surface area contributed by atoms with Gasteiger partial charge < -0.3 is 30.1 Å². The van der Waals surface area contributed by atoms with Crippen molar-refractivity contribution in [1.29, 1.82) is 0 Å². The zero-order chi connectivity index (χ0) is 28.9. The highest BCUT2D eigenvalue weighted by molar-refractivity contribution is 5.92. The van der Waals surface area contributed by atoms with Gasteiger partial charge in [-0.15, -0.1) is 0 Å². The Bertz CT molecular complexity index is 1530. The van der Waals surface area contributed by atoms with Gasteiger partial charge in [-0.2, -0.15) is 0 Å². The smallest absolute Gasteiger partial charge is 0.284 e. The Morgan fingerprint density at radius 2 is 1.98 bits per heavy atom. The van der Waals surface area contributed by atoms with Crippen molar-refractivity contribution in [3.8, 4) is 11.3 Å². The van der Waals surface area contributed by atoms with Crippen LogP contribution in [0.15, 0.2) is 59.0 Å². The number of amides is 2. The molecule has 4 N–H and O–H groups in total. The maximum Gasteiger partial charge on any atom is 0.284 e. The number of nitrogens with two attached hydrogens (primary N) is 2. The van der Waals surface area contributed by atoms with E-state index in [2.05, 4.69) is 10.6 Å². The number of furan rings is 1. The van der Waals surface area contributed by atoms with E-state index in [1.54, 1.807) is 31.4 Å². The Balaban J connectivity index is 1.28. The third-order valence-electron chi connectivity index (χ3n) is 7.64. The number of carbonyl (C=O) groups excluding carboxylic acids is 2. The summed E-state index contributed by atoms with van der Waals surface area (Å²) in [6.45, 7) is 2.67. The predicted molar refractivity (Wildman–Crippen MR) is 154 cm³/mol. The van der Waals surface area contributed by atoms with E-state index in [9.17, 15) is 14.0 Å². The summed E-state index contributed by atoms with van der Waals surface area (Å²) in [5.41, 5.74) is 14.6. The molecule has 10 heteroatoms. The summed E-state index contributed by atoms with van der Waals surface area (Å²) in [6.07, 6.45) is 2.96. The predicted octanol–water partition coefficient (Wildman–Crippen LogP) is 4.24. The molecule has 0 bridgehead atoms. The summed E-state index contributed by atoms with van der Waals surface area (Å²) in [7, 11) is 1.70. The molecule has 216 valence electrons.